The molecule has 1 amide bonds. The first kappa shape index (κ1) is 18.8. The van der Waals surface area contributed by atoms with Crippen LogP contribution in [0.3, 0.4) is 0 Å². The highest BCUT2D eigenvalue weighted by molar-refractivity contribution is 6.05. The van der Waals surface area contributed by atoms with Crippen LogP contribution in [0.25, 0.3) is 0 Å². The second-order valence-electron chi connectivity index (χ2n) is 6.95. The van der Waals surface area contributed by atoms with Crippen LogP contribution in [0.5, 0.6) is 5.75 Å². The summed E-state index contributed by atoms with van der Waals surface area (Å²) in [4.78, 5) is 19.4. The molecule has 0 radical (unpaired) electrons. The lowest BCUT2D eigenvalue weighted by molar-refractivity contribution is 0.102. The molecule has 4 rings (SSSR count). The third-order valence-corrected chi connectivity index (χ3v) is 4.99. The summed E-state index contributed by atoms with van der Waals surface area (Å²) in [6.45, 7) is 2.25. The number of amides is 1. The standard InChI is InChI=1S/C23H24N4O2/c1-29-21-7-3-2-6-20(21)26-23(28)17-12-13-24-22(16-17)25-18-8-10-19(11-9-18)27-14-4-5-15-27/h2-3,6-13,16H,4-5,14-15H2,1H3,(H,24,25)(H,26,28). The summed E-state index contributed by atoms with van der Waals surface area (Å²) in [6, 6.07) is 19.1. The number of carbonyl (C=O) groups is 1. The number of carbonyl (C=O) groups excluding carboxylic acids is 1. The van der Waals surface area contributed by atoms with Gasteiger partial charge in [-0.1, -0.05) is 12.1 Å². The highest BCUT2D eigenvalue weighted by atomic mass is 16.5. The van der Waals surface area contributed by atoms with Gasteiger partial charge in [0.1, 0.15) is 11.6 Å². The van der Waals surface area contributed by atoms with Gasteiger partial charge in [0, 0.05) is 36.2 Å². The van der Waals surface area contributed by atoms with E-state index in [0.29, 0.717) is 22.8 Å². The van der Waals surface area contributed by atoms with Gasteiger partial charge < -0.3 is 20.3 Å². The molecule has 29 heavy (non-hydrogen) atoms. The fourth-order valence-corrected chi connectivity index (χ4v) is 3.46. The molecule has 1 aliphatic heterocycles. The number of aromatic nitrogens is 1. The van der Waals surface area contributed by atoms with Gasteiger partial charge in [-0.2, -0.15) is 0 Å². The Bertz CT molecular complexity index is 982. The van der Waals surface area contributed by atoms with Gasteiger partial charge in [-0.3, -0.25) is 4.79 Å². The molecule has 3 aromatic rings. The van der Waals surface area contributed by atoms with Crippen molar-refractivity contribution in [1.82, 2.24) is 4.98 Å². The second-order valence-corrected chi connectivity index (χ2v) is 6.95. The van der Waals surface area contributed by atoms with Crippen LogP contribution in [-0.2, 0) is 0 Å². The molecule has 0 spiro atoms. The van der Waals surface area contributed by atoms with Crippen molar-refractivity contribution in [1.29, 1.82) is 0 Å². The Hall–Kier alpha value is -3.54. The van der Waals surface area contributed by atoms with Crippen LogP contribution in [0.2, 0.25) is 0 Å². The van der Waals surface area contributed by atoms with E-state index in [0.717, 1.165) is 18.8 Å². The fraction of sp³-hybridized carbons (Fsp3) is 0.217. The molecule has 1 aromatic heterocycles. The number of ether oxygens (including phenoxy) is 1. The molecule has 2 aromatic carbocycles. The largest absolute Gasteiger partial charge is 0.495 e. The fourth-order valence-electron chi connectivity index (χ4n) is 3.46. The first-order valence-corrected chi connectivity index (χ1v) is 9.75. The van der Waals surface area contributed by atoms with Crippen LogP contribution in [0.1, 0.15) is 23.2 Å². The average molecular weight is 388 g/mol. The maximum atomic E-state index is 12.7. The van der Waals surface area contributed by atoms with Crippen molar-refractivity contribution in [3.05, 3.63) is 72.4 Å². The first-order valence-electron chi connectivity index (χ1n) is 9.75. The van der Waals surface area contributed by atoms with Crippen LogP contribution in [0, 0.1) is 0 Å². The van der Waals surface area contributed by atoms with Crippen LogP contribution in [-0.4, -0.2) is 31.1 Å². The highest BCUT2D eigenvalue weighted by Gasteiger charge is 2.13. The van der Waals surface area contributed by atoms with Gasteiger partial charge in [0.25, 0.3) is 5.91 Å². The summed E-state index contributed by atoms with van der Waals surface area (Å²) in [5.74, 6) is 1.02. The predicted octanol–water partition coefficient (Wildman–Crippen LogP) is 4.69. The lowest BCUT2D eigenvalue weighted by Gasteiger charge is -2.18. The van der Waals surface area contributed by atoms with Crippen molar-refractivity contribution < 1.29 is 9.53 Å². The number of nitrogens with zero attached hydrogens (tertiary/aromatic N) is 2. The van der Waals surface area contributed by atoms with Gasteiger partial charge in [0.15, 0.2) is 0 Å². The molecule has 0 bridgehead atoms. The van der Waals surface area contributed by atoms with Crippen LogP contribution >= 0.6 is 0 Å². The lowest BCUT2D eigenvalue weighted by atomic mass is 10.2. The van der Waals surface area contributed by atoms with Crippen molar-refractivity contribution in [2.75, 3.05) is 35.7 Å². The Morgan fingerprint density at radius 1 is 1.03 bits per heavy atom. The van der Waals surface area contributed by atoms with Crippen molar-refractivity contribution in [2.24, 2.45) is 0 Å². The van der Waals surface area contributed by atoms with E-state index in [2.05, 4.69) is 32.7 Å². The topological polar surface area (TPSA) is 66.5 Å². The Balaban J connectivity index is 1.45. The van der Waals surface area contributed by atoms with Crippen LogP contribution in [0.15, 0.2) is 66.9 Å². The minimum absolute atomic E-state index is 0.218. The van der Waals surface area contributed by atoms with E-state index in [4.69, 9.17) is 4.74 Å². The summed E-state index contributed by atoms with van der Waals surface area (Å²) in [5, 5.41) is 6.15. The number of para-hydroxylation sites is 2. The quantitative estimate of drug-likeness (QED) is 0.641. The summed E-state index contributed by atoms with van der Waals surface area (Å²) < 4.78 is 5.29. The third-order valence-electron chi connectivity index (χ3n) is 4.99. The summed E-state index contributed by atoms with van der Waals surface area (Å²) in [7, 11) is 1.58. The Kier molecular flexibility index (Phi) is 5.61. The minimum atomic E-state index is -0.218. The van der Waals surface area contributed by atoms with Gasteiger partial charge >= 0.3 is 0 Å². The molecule has 6 heteroatoms. The van der Waals surface area contributed by atoms with Gasteiger partial charge in [0.05, 0.1) is 12.8 Å². The normalized spacial score (nSPS) is 13.2. The summed E-state index contributed by atoms with van der Waals surface area (Å²) in [6.07, 6.45) is 4.14. The first-order chi connectivity index (χ1) is 14.2. The Labute approximate surface area is 170 Å². The van der Waals surface area contributed by atoms with Gasteiger partial charge in [0.2, 0.25) is 0 Å². The van der Waals surface area contributed by atoms with E-state index in [1.807, 2.05) is 24.3 Å². The van der Waals surface area contributed by atoms with Gasteiger partial charge in [-0.05, 0) is 61.4 Å². The lowest BCUT2D eigenvalue weighted by Crippen LogP contribution is -2.17. The maximum Gasteiger partial charge on any atom is 0.255 e. The predicted molar refractivity (Wildman–Crippen MR) is 116 cm³/mol. The molecule has 0 unspecified atom stereocenters. The number of hydrogen-bond donors (Lipinski definition) is 2. The molecule has 2 N–H and O–H groups in total. The summed E-state index contributed by atoms with van der Waals surface area (Å²) in [5.41, 5.74) is 3.32. The molecular formula is C23H24N4O2. The zero-order valence-corrected chi connectivity index (χ0v) is 16.4. The SMILES string of the molecule is COc1ccccc1NC(=O)c1ccnc(Nc2ccc(N3CCCC3)cc2)c1. The molecule has 1 aliphatic rings. The maximum absolute atomic E-state index is 12.7. The van der Waals surface area contributed by atoms with Crippen molar-refractivity contribution >= 4 is 28.8 Å². The molecule has 1 saturated heterocycles. The molecule has 148 valence electrons. The van der Waals surface area contributed by atoms with Gasteiger partial charge in [-0.15, -0.1) is 0 Å². The molecule has 6 nitrogen and oxygen atoms in total. The monoisotopic (exact) mass is 388 g/mol. The second kappa shape index (κ2) is 8.65. The van der Waals surface area contributed by atoms with Crippen molar-refractivity contribution in [3.8, 4) is 5.75 Å². The number of pyridine rings is 1. The minimum Gasteiger partial charge on any atom is -0.495 e. The molecule has 1 fully saturated rings. The zero-order chi connectivity index (χ0) is 20.1. The number of anilines is 4. The van der Waals surface area contributed by atoms with E-state index < -0.39 is 0 Å². The number of hydrogen-bond acceptors (Lipinski definition) is 5. The zero-order valence-electron chi connectivity index (χ0n) is 16.4. The number of nitrogens with one attached hydrogen (secondary N) is 2. The Morgan fingerprint density at radius 3 is 2.55 bits per heavy atom. The van der Waals surface area contributed by atoms with Crippen molar-refractivity contribution in [2.45, 2.75) is 12.8 Å². The highest BCUT2D eigenvalue weighted by Crippen LogP contribution is 2.25. The number of rotatable bonds is 6. The molecule has 0 atom stereocenters. The Morgan fingerprint density at radius 2 is 1.79 bits per heavy atom. The number of benzene rings is 2. The van der Waals surface area contributed by atoms with E-state index in [1.54, 1.807) is 37.6 Å². The molecule has 0 saturated carbocycles. The van der Waals surface area contributed by atoms with Crippen molar-refractivity contribution in [3.63, 3.8) is 0 Å². The van der Waals surface area contributed by atoms with Gasteiger partial charge in [-0.25, -0.2) is 4.98 Å². The summed E-state index contributed by atoms with van der Waals surface area (Å²) >= 11 is 0. The molecule has 0 aliphatic carbocycles. The third kappa shape index (κ3) is 4.48. The van der Waals surface area contributed by atoms with Crippen LogP contribution < -0.4 is 20.3 Å². The van der Waals surface area contributed by atoms with E-state index >= 15 is 0 Å². The molecule has 2 heterocycles. The van der Waals surface area contributed by atoms with E-state index in [1.165, 1.54) is 18.5 Å². The van der Waals surface area contributed by atoms with Crippen LogP contribution in [0.4, 0.5) is 22.9 Å². The van der Waals surface area contributed by atoms with E-state index in [-0.39, 0.29) is 5.91 Å². The smallest absolute Gasteiger partial charge is 0.255 e. The number of methoxy groups -OCH3 is 1. The average Bonchev–Trinajstić information content (AvgIpc) is 3.30. The van der Waals surface area contributed by atoms with E-state index in [9.17, 15) is 4.79 Å². The molecular weight excluding hydrogens is 364 g/mol.